The predicted molar refractivity (Wildman–Crippen MR) is 221 cm³/mol. The lowest BCUT2D eigenvalue weighted by atomic mass is 9.99. The summed E-state index contributed by atoms with van der Waals surface area (Å²) in [5, 5.41) is 6.77. The average molecular weight is 691 g/mol. The van der Waals surface area contributed by atoms with Crippen molar-refractivity contribution in [3.8, 4) is 51.0 Å². The molecule has 0 fully saturated rings. The Bertz CT molecular complexity index is 3200. The molecule has 54 heavy (non-hydrogen) atoms. The number of hydrogen-bond acceptors (Lipinski definition) is 4. The number of rotatable bonds is 5. The first-order valence-corrected chi connectivity index (χ1v) is 18.1. The lowest BCUT2D eigenvalue weighted by Crippen LogP contribution is -2.07. The molecule has 0 N–H and O–H groups in total. The number of benzene rings is 8. The molecular weight excluding hydrogens is 661 g/mol. The Morgan fingerprint density at radius 1 is 0.370 bits per heavy atom. The third kappa shape index (κ3) is 4.90. The van der Waals surface area contributed by atoms with Crippen molar-refractivity contribution in [3.05, 3.63) is 182 Å². The van der Waals surface area contributed by atoms with Crippen LogP contribution in [0.4, 0.5) is 0 Å². The second-order valence-corrected chi connectivity index (χ2v) is 13.7. The minimum absolute atomic E-state index is 0.559. The van der Waals surface area contributed by atoms with Crippen LogP contribution in [0.1, 0.15) is 0 Å². The van der Waals surface area contributed by atoms with Gasteiger partial charge in [0.1, 0.15) is 11.2 Å². The molecular formula is C49H30N4O. The van der Waals surface area contributed by atoms with Crippen LogP contribution in [0.15, 0.2) is 186 Å². The van der Waals surface area contributed by atoms with Crippen LogP contribution in [0.25, 0.3) is 105 Å². The van der Waals surface area contributed by atoms with Gasteiger partial charge in [0, 0.05) is 38.2 Å². The Morgan fingerprint density at radius 2 is 0.944 bits per heavy atom. The van der Waals surface area contributed by atoms with E-state index in [0.717, 1.165) is 82.5 Å². The molecule has 0 saturated heterocycles. The first kappa shape index (κ1) is 30.3. The van der Waals surface area contributed by atoms with Gasteiger partial charge in [-0.1, -0.05) is 152 Å². The molecule has 0 radical (unpaired) electrons. The summed E-state index contributed by atoms with van der Waals surface area (Å²) in [6.07, 6.45) is 0. The summed E-state index contributed by atoms with van der Waals surface area (Å²) < 4.78 is 8.46. The highest BCUT2D eigenvalue weighted by molar-refractivity contribution is 6.17. The molecule has 0 bridgehead atoms. The van der Waals surface area contributed by atoms with Gasteiger partial charge >= 0.3 is 0 Å². The van der Waals surface area contributed by atoms with Crippen molar-refractivity contribution in [2.24, 2.45) is 0 Å². The summed E-state index contributed by atoms with van der Waals surface area (Å²) in [6.45, 7) is 0. The van der Waals surface area contributed by atoms with Crippen LogP contribution in [0.5, 0.6) is 0 Å². The number of para-hydroxylation sites is 2. The maximum absolute atomic E-state index is 6.23. The van der Waals surface area contributed by atoms with E-state index in [0.29, 0.717) is 17.6 Å². The number of aromatic nitrogens is 4. The molecule has 0 aliphatic carbocycles. The van der Waals surface area contributed by atoms with Gasteiger partial charge < -0.3 is 4.42 Å². The molecule has 0 aliphatic rings. The van der Waals surface area contributed by atoms with E-state index in [2.05, 4.69) is 150 Å². The molecule has 8 aromatic carbocycles. The molecule has 0 amide bonds. The largest absolute Gasteiger partial charge is 0.456 e. The van der Waals surface area contributed by atoms with E-state index in [4.69, 9.17) is 19.4 Å². The smallest absolute Gasteiger partial charge is 0.238 e. The topological polar surface area (TPSA) is 56.7 Å². The van der Waals surface area contributed by atoms with Crippen molar-refractivity contribution < 1.29 is 4.42 Å². The number of fused-ring (bicyclic) bond motifs is 7. The quantitative estimate of drug-likeness (QED) is 0.180. The van der Waals surface area contributed by atoms with Gasteiger partial charge in [-0.15, -0.1) is 0 Å². The molecule has 3 heterocycles. The van der Waals surface area contributed by atoms with E-state index in [1.807, 2.05) is 36.4 Å². The van der Waals surface area contributed by atoms with E-state index in [1.165, 1.54) is 5.39 Å². The highest BCUT2D eigenvalue weighted by atomic mass is 16.3. The van der Waals surface area contributed by atoms with Gasteiger partial charge in [0.05, 0.1) is 11.0 Å². The summed E-state index contributed by atoms with van der Waals surface area (Å²) in [5.74, 6) is 1.78. The number of hydrogen-bond donors (Lipinski definition) is 0. The van der Waals surface area contributed by atoms with Gasteiger partial charge in [-0.05, 0) is 57.8 Å². The second kappa shape index (κ2) is 12.1. The van der Waals surface area contributed by atoms with Gasteiger partial charge in [0.2, 0.25) is 5.95 Å². The van der Waals surface area contributed by atoms with Crippen LogP contribution in [0.3, 0.4) is 0 Å². The normalized spacial score (nSPS) is 11.7. The van der Waals surface area contributed by atoms with Crippen molar-refractivity contribution in [1.29, 1.82) is 0 Å². The van der Waals surface area contributed by atoms with E-state index in [-0.39, 0.29) is 0 Å². The molecule has 5 heteroatoms. The molecule has 0 saturated carbocycles. The van der Waals surface area contributed by atoms with Crippen LogP contribution in [-0.2, 0) is 0 Å². The Kier molecular flexibility index (Phi) is 6.79. The zero-order valence-corrected chi connectivity index (χ0v) is 29.0. The molecule has 0 atom stereocenters. The van der Waals surface area contributed by atoms with Gasteiger partial charge in [0.25, 0.3) is 0 Å². The molecule has 11 aromatic rings. The minimum atomic E-state index is 0.559. The summed E-state index contributed by atoms with van der Waals surface area (Å²) in [7, 11) is 0. The average Bonchev–Trinajstić information content (AvgIpc) is 3.78. The fourth-order valence-corrected chi connectivity index (χ4v) is 7.84. The van der Waals surface area contributed by atoms with Crippen LogP contribution < -0.4 is 0 Å². The Hall–Kier alpha value is -7.37. The molecule has 0 spiro atoms. The van der Waals surface area contributed by atoms with E-state index in [1.54, 1.807) is 0 Å². The van der Waals surface area contributed by atoms with Crippen LogP contribution >= 0.6 is 0 Å². The summed E-state index contributed by atoms with van der Waals surface area (Å²) in [4.78, 5) is 15.6. The predicted octanol–water partition coefficient (Wildman–Crippen LogP) is 12.7. The SMILES string of the molecule is c1ccc(-c2ccc(-c3nc(-c4ccccc4)nc(-n4c5cc6ccccc6cc5c5cccc(-c6ccc7oc8ccccc8c7c6)c54)n3)cc2)cc1. The summed E-state index contributed by atoms with van der Waals surface area (Å²) in [5.41, 5.74) is 10.1. The van der Waals surface area contributed by atoms with E-state index in [9.17, 15) is 0 Å². The van der Waals surface area contributed by atoms with E-state index < -0.39 is 0 Å². The van der Waals surface area contributed by atoms with Crippen molar-refractivity contribution >= 4 is 54.5 Å². The van der Waals surface area contributed by atoms with Gasteiger partial charge in [-0.25, -0.2) is 4.98 Å². The van der Waals surface area contributed by atoms with Gasteiger partial charge in [-0.2, -0.15) is 9.97 Å². The molecule has 0 unspecified atom stereocenters. The number of nitrogens with zero attached hydrogens (tertiary/aromatic N) is 4. The molecule has 252 valence electrons. The Balaban J connectivity index is 1.20. The monoisotopic (exact) mass is 690 g/mol. The minimum Gasteiger partial charge on any atom is -0.456 e. The van der Waals surface area contributed by atoms with Crippen LogP contribution in [0.2, 0.25) is 0 Å². The Morgan fingerprint density at radius 3 is 1.72 bits per heavy atom. The third-order valence-electron chi connectivity index (χ3n) is 10.4. The van der Waals surface area contributed by atoms with Crippen LogP contribution in [-0.4, -0.2) is 19.5 Å². The maximum Gasteiger partial charge on any atom is 0.238 e. The first-order valence-electron chi connectivity index (χ1n) is 18.1. The zero-order chi connectivity index (χ0) is 35.6. The fourth-order valence-electron chi connectivity index (χ4n) is 7.84. The lowest BCUT2D eigenvalue weighted by molar-refractivity contribution is 0.669. The number of furan rings is 1. The van der Waals surface area contributed by atoms with Gasteiger partial charge in [-0.3, -0.25) is 4.57 Å². The summed E-state index contributed by atoms with van der Waals surface area (Å²) in [6, 6.07) is 63.4. The van der Waals surface area contributed by atoms with E-state index >= 15 is 0 Å². The zero-order valence-electron chi connectivity index (χ0n) is 29.0. The van der Waals surface area contributed by atoms with Crippen molar-refractivity contribution in [1.82, 2.24) is 19.5 Å². The second-order valence-electron chi connectivity index (χ2n) is 13.7. The van der Waals surface area contributed by atoms with Crippen molar-refractivity contribution in [2.75, 3.05) is 0 Å². The summed E-state index contributed by atoms with van der Waals surface area (Å²) >= 11 is 0. The highest BCUT2D eigenvalue weighted by Gasteiger charge is 2.22. The molecule has 0 aliphatic heterocycles. The first-order chi connectivity index (χ1) is 26.7. The Labute approximate surface area is 310 Å². The van der Waals surface area contributed by atoms with Crippen LogP contribution in [0, 0.1) is 0 Å². The van der Waals surface area contributed by atoms with Crippen molar-refractivity contribution in [2.45, 2.75) is 0 Å². The lowest BCUT2D eigenvalue weighted by Gasteiger charge is -2.13. The van der Waals surface area contributed by atoms with Crippen molar-refractivity contribution in [3.63, 3.8) is 0 Å². The standard InChI is InChI=1S/C49H30N4O/c1-3-12-31(13-4-1)32-22-24-34(25-23-32)48-50-47(33-14-5-2-6-15-33)51-49(52-48)53-43-30-36-17-8-7-16-35(36)28-41(43)40-20-11-19-38(46(40)53)37-26-27-45-42(29-37)39-18-9-10-21-44(39)54-45/h1-30H. The van der Waals surface area contributed by atoms with Gasteiger partial charge in [0.15, 0.2) is 11.6 Å². The molecule has 11 rings (SSSR count). The molecule has 3 aromatic heterocycles. The fraction of sp³-hybridized carbons (Fsp3) is 0. The molecule has 5 nitrogen and oxygen atoms in total. The third-order valence-corrected chi connectivity index (χ3v) is 10.4. The highest BCUT2D eigenvalue weighted by Crippen LogP contribution is 2.41. The maximum atomic E-state index is 6.23.